The third kappa shape index (κ3) is 3.35. The zero-order chi connectivity index (χ0) is 13.8. The molecule has 102 valence electrons. The number of fused-ring (bicyclic) bond motifs is 1. The topological polar surface area (TPSA) is 65.1 Å². The van der Waals surface area contributed by atoms with Gasteiger partial charge in [-0.3, -0.25) is 4.79 Å². The Kier molecular flexibility index (Phi) is 4.22. The summed E-state index contributed by atoms with van der Waals surface area (Å²) in [5.41, 5.74) is 2.40. The van der Waals surface area contributed by atoms with E-state index in [0.29, 0.717) is 6.54 Å². The number of aromatic amines is 1. The molecule has 2 rings (SSSR count). The molecule has 2 atom stereocenters. The number of para-hydroxylation sites is 1. The van der Waals surface area contributed by atoms with Crippen LogP contribution in [0.25, 0.3) is 10.9 Å². The average molecular weight is 260 g/mol. The number of hydrogen-bond donors (Lipinski definition) is 3. The molecule has 0 unspecified atom stereocenters. The smallest absolute Gasteiger partial charge is 0.307 e. The van der Waals surface area contributed by atoms with Crippen molar-refractivity contribution in [2.45, 2.75) is 26.3 Å². The number of nitrogens with one attached hydrogen (secondary N) is 2. The number of carboxylic acids is 1. The van der Waals surface area contributed by atoms with E-state index in [1.165, 1.54) is 10.9 Å². The highest BCUT2D eigenvalue weighted by atomic mass is 16.4. The lowest BCUT2D eigenvalue weighted by Crippen LogP contribution is -2.34. The van der Waals surface area contributed by atoms with Gasteiger partial charge >= 0.3 is 5.97 Å². The maximum Gasteiger partial charge on any atom is 0.307 e. The quantitative estimate of drug-likeness (QED) is 0.747. The highest BCUT2D eigenvalue weighted by Gasteiger charge is 2.13. The number of aromatic nitrogens is 1. The molecule has 0 saturated heterocycles. The summed E-state index contributed by atoms with van der Waals surface area (Å²) in [6.45, 7) is 4.29. The summed E-state index contributed by atoms with van der Waals surface area (Å²) < 4.78 is 0. The predicted octanol–water partition coefficient (Wildman–Crippen LogP) is 2.41. The second kappa shape index (κ2) is 5.89. The van der Waals surface area contributed by atoms with Crippen LogP contribution in [0.4, 0.5) is 0 Å². The van der Waals surface area contributed by atoms with E-state index in [1.54, 1.807) is 6.92 Å². The van der Waals surface area contributed by atoms with E-state index in [1.807, 2.05) is 18.3 Å². The van der Waals surface area contributed by atoms with Gasteiger partial charge in [-0.25, -0.2) is 0 Å². The monoisotopic (exact) mass is 260 g/mol. The van der Waals surface area contributed by atoms with E-state index >= 15 is 0 Å². The van der Waals surface area contributed by atoms with Crippen molar-refractivity contribution < 1.29 is 9.90 Å². The summed E-state index contributed by atoms with van der Waals surface area (Å²) >= 11 is 0. The molecule has 0 fully saturated rings. The lowest BCUT2D eigenvalue weighted by atomic mass is 10.1. The number of benzene rings is 1. The van der Waals surface area contributed by atoms with Crippen molar-refractivity contribution in [1.82, 2.24) is 10.3 Å². The van der Waals surface area contributed by atoms with Crippen molar-refractivity contribution in [3.8, 4) is 0 Å². The summed E-state index contributed by atoms with van der Waals surface area (Å²) in [6.07, 6.45) is 2.92. The lowest BCUT2D eigenvalue weighted by molar-refractivity contribution is -0.140. The molecule has 19 heavy (non-hydrogen) atoms. The van der Waals surface area contributed by atoms with Crippen LogP contribution in [0.1, 0.15) is 19.4 Å². The van der Waals surface area contributed by atoms with Gasteiger partial charge in [0.05, 0.1) is 5.92 Å². The Morgan fingerprint density at radius 2 is 2.11 bits per heavy atom. The fourth-order valence-corrected chi connectivity index (χ4v) is 2.17. The van der Waals surface area contributed by atoms with Gasteiger partial charge in [-0.15, -0.1) is 0 Å². The Labute approximate surface area is 112 Å². The van der Waals surface area contributed by atoms with Crippen LogP contribution in [-0.2, 0) is 11.2 Å². The van der Waals surface area contributed by atoms with Gasteiger partial charge in [-0.2, -0.15) is 0 Å². The summed E-state index contributed by atoms with van der Waals surface area (Å²) in [5.74, 6) is -1.11. The van der Waals surface area contributed by atoms with Crippen molar-refractivity contribution in [3.63, 3.8) is 0 Å². The summed E-state index contributed by atoms with van der Waals surface area (Å²) in [5, 5.41) is 13.4. The summed E-state index contributed by atoms with van der Waals surface area (Å²) in [4.78, 5) is 14.0. The van der Waals surface area contributed by atoms with Crippen LogP contribution in [0.3, 0.4) is 0 Å². The Hall–Kier alpha value is -1.81. The van der Waals surface area contributed by atoms with Crippen LogP contribution in [0.5, 0.6) is 0 Å². The van der Waals surface area contributed by atoms with Gasteiger partial charge in [0.15, 0.2) is 0 Å². The molecule has 0 saturated carbocycles. The SMILES string of the molecule is C[C@H](Cc1c[nH]c2ccccc12)NC[C@@H](C)C(=O)O. The number of rotatable bonds is 6. The van der Waals surface area contributed by atoms with E-state index in [-0.39, 0.29) is 12.0 Å². The third-order valence-electron chi connectivity index (χ3n) is 3.40. The minimum atomic E-state index is -0.758. The fraction of sp³-hybridized carbons (Fsp3) is 0.400. The normalized spacial score (nSPS) is 14.4. The van der Waals surface area contributed by atoms with Crippen LogP contribution >= 0.6 is 0 Å². The molecule has 0 amide bonds. The van der Waals surface area contributed by atoms with Crippen LogP contribution in [-0.4, -0.2) is 28.6 Å². The van der Waals surface area contributed by atoms with Gasteiger partial charge in [0.1, 0.15) is 0 Å². The number of aliphatic carboxylic acids is 1. The van der Waals surface area contributed by atoms with Gasteiger partial charge < -0.3 is 15.4 Å². The van der Waals surface area contributed by atoms with Crippen LogP contribution < -0.4 is 5.32 Å². The maximum absolute atomic E-state index is 10.8. The molecule has 0 spiro atoms. The molecule has 4 nitrogen and oxygen atoms in total. The predicted molar refractivity (Wildman–Crippen MR) is 76.3 cm³/mol. The molecule has 0 aliphatic carbocycles. The number of H-pyrrole nitrogens is 1. The minimum absolute atomic E-state index is 0.251. The van der Waals surface area contributed by atoms with Crippen molar-refractivity contribution in [2.24, 2.45) is 5.92 Å². The molecular weight excluding hydrogens is 240 g/mol. The molecule has 1 heterocycles. The first-order chi connectivity index (χ1) is 9.08. The Balaban J connectivity index is 1.95. The average Bonchev–Trinajstić information content (AvgIpc) is 2.79. The van der Waals surface area contributed by atoms with Gasteiger partial charge in [-0.05, 0) is 25.0 Å². The van der Waals surface area contributed by atoms with E-state index < -0.39 is 5.97 Å². The number of carboxylic acid groups (broad SMARTS) is 1. The second-order valence-corrected chi connectivity index (χ2v) is 5.11. The van der Waals surface area contributed by atoms with E-state index in [9.17, 15) is 4.79 Å². The van der Waals surface area contributed by atoms with Gasteiger partial charge in [0.2, 0.25) is 0 Å². The summed E-state index contributed by atoms with van der Waals surface area (Å²) in [6, 6.07) is 8.46. The molecule has 1 aromatic carbocycles. The second-order valence-electron chi connectivity index (χ2n) is 5.11. The van der Waals surface area contributed by atoms with E-state index in [2.05, 4.69) is 29.4 Å². The Morgan fingerprint density at radius 1 is 1.37 bits per heavy atom. The molecule has 1 aromatic heterocycles. The van der Waals surface area contributed by atoms with E-state index in [4.69, 9.17) is 5.11 Å². The van der Waals surface area contributed by atoms with Crippen molar-refractivity contribution in [2.75, 3.05) is 6.54 Å². The van der Waals surface area contributed by atoms with Gasteiger partial charge in [0.25, 0.3) is 0 Å². The molecule has 3 N–H and O–H groups in total. The van der Waals surface area contributed by atoms with Crippen molar-refractivity contribution >= 4 is 16.9 Å². The first-order valence-corrected chi connectivity index (χ1v) is 6.59. The minimum Gasteiger partial charge on any atom is -0.481 e. The fourth-order valence-electron chi connectivity index (χ4n) is 2.17. The maximum atomic E-state index is 10.8. The molecule has 0 aliphatic rings. The molecule has 2 aromatic rings. The molecular formula is C15H20N2O2. The zero-order valence-electron chi connectivity index (χ0n) is 11.3. The van der Waals surface area contributed by atoms with Crippen LogP contribution in [0, 0.1) is 5.92 Å². The Morgan fingerprint density at radius 3 is 2.84 bits per heavy atom. The highest BCUT2D eigenvalue weighted by molar-refractivity contribution is 5.83. The van der Waals surface area contributed by atoms with E-state index in [0.717, 1.165) is 11.9 Å². The van der Waals surface area contributed by atoms with Crippen LogP contribution in [0.2, 0.25) is 0 Å². The molecule has 0 bridgehead atoms. The summed E-state index contributed by atoms with van der Waals surface area (Å²) in [7, 11) is 0. The molecule has 0 aliphatic heterocycles. The lowest BCUT2D eigenvalue weighted by Gasteiger charge is -2.15. The van der Waals surface area contributed by atoms with Crippen molar-refractivity contribution in [1.29, 1.82) is 0 Å². The van der Waals surface area contributed by atoms with Gasteiger partial charge in [-0.1, -0.05) is 25.1 Å². The number of carbonyl (C=O) groups is 1. The highest BCUT2D eigenvalue weighted by Crippen LogP contribution is 2.18. The standard InChI is InChI=1S/C15H20N2O2/c1-10(15(18)19)8-16-11(2)7-12-9-17-14-6-4-3-5-13(12)14/h3-6,9-11,16-17H,7-8H2,1-2H3,(H,18,19)/t10-,11-/m1/s1. The largest absolute Gasteiger partial charge is 0.481 e. The zero-order valence-corrected chi connectivity index (χ0v) is 11.3. The van der Waals surface area contributed by atoms with Gasteiger partial charge in [0, 0.05) is 29.7 Å². The first kappa shape index (κ1) is 13.6. The Bertz CT molecular complexity index is 562. The van der Waals surface area contributed by atoms with Crippen LogP contribution in [0.15, 0.2) is 30.5 Å². The molecule has 0 radical (unpaired) electrons. The first-order valence-electron chi connectivity index (χ1n) is 6.59. The number of hydrogen-bond acceptors (Lipinski definition) is 2. The molecule has 4 heteroatoms. The third-order valence-corrected chi connectivity index (χ3v) is 3.40. The van der Waals surface area contributed by atoms with Crippen molar-refractivity contribution in [3.05, 3.63) is 36.0 Å².